The van der Waals surface area contributed by atoms with Crippen molar-refractivity contribution in [1.29, 1.82) is 0 Å². The van der Waals surface area contributed by atoms with Crippen LogP contribution < -0.4 is 0 Å². The van der Waals surface area contributed by atoms with E-state index in [2.05, 4.69) is 26.8 Å². The molecular formula is C26H40O5. The van der Waals surface area contributed by atoms with E-state index in [0.717, 1.165) is 19.3 Å². The number of ether oxygens (including phenoxy) is 2. The van der Waals surface area contributed by atoms with Crippen LogP contribution in [0.3, 0.4) is 0 Å². The maximum absolute atomic E-state index is 11.5. The molecule has 0 aliphatic heterocycles. The molecule has 0 heterocycles. The van der Waals surface area contributed by atoms with Crippen LogP contribution in [-0.2, 0) is 19.1 Å². The monoisotopic (exact) mass is 432 g/mol. The highest BCUT2D eigenvalue weighted by atomic mass is 16.5. The van der Waals surface area contributed by atoms with E-state index in [1.165, 1.54) is 38.7 Å². The molecule has 0 amide bonds. The minimum absolute atomic E-state index is 0.188. The smallest absolute Gasteiger partial charge is 0.302 e. The fourth-order valence-corrected chi connectivity index (χ4v) is 8.35. The molecule has 5 heteroatoms. The van der Waals surface area contributed by atoms with Crippen LogP contribution in [0.5, 0.6) is 0 Å². The van der Waals surface area contributed by atoms with Gasteiger partial charge >= 0.3 is 11.9 Å². The second-order valence-electron chi connectivity index (χ2n) is 11.3. The molecule has 0 aromatic rings. The van der Waals surface area contributed by atoms with Crippen molar-refractivity contribution in [1.82, 2.24) is 0 Å². The van der Waals surface area contributed by atoms with Crippen molar-refractivity contribution < 1.29 is 24.2 Å². The molecule has 4 aliphatic rings. The Balaban J connectivity index is 1.54. The Morgan fingerprint density at radius 1 is 1.16 bits per heavy atom. The first-order chi connectivity index (χ1) is 14.6. The predicted molar refractivity (Wildman–Crippen MR) is 118 cm³/mol. The number of carbonyl (C=O) groups is 2. The van der Waals surface area contributed by atoms with Gasteiger partial charge in [0, 0.05) is 32.1 Å². The minimum Gasteiger partial charge on any atom is -0.466 e. The molecule has 2 unspecified atom stereocenters. The summed E-state index contributed by atoms with van der Waals surface area (Å²) in [5.41, 5.74) is 1.38. The Hall–Kier alpha value is -1.36. The number of carbonyl (C=O) groups excluding carboxylic acids is 2. The van der Waals surface area contributed by atoms with Gasteiger partial charge in [-0.3, -0.25) is 9.59 Å². The van der Waals surface area contributed by atoms with Gasteiger partial charge in [0.15, 0.2) is 0 Å². The molecule has 174 valence electrons. The number of fused-ring (bicyclic) bond motifs is 5. The van der Waals surface area contributed by atoms with Crippen LogP contribution in [0, 0.1) is 40.4 Å². The average molecular weight is 433 g/mol. The van der Waals surface area contributed by atoms with Crippen molar-refractivity contribution in [3.05, 3.63) is 11.6 Å². The molecule has 1 N–H and O–H groups in total. The Morgan fingerprint density at radius 2 is 1.90 bits per heavy atom. The summed E-state index contributed by atoms with van der Waals surface area (Å²) in [6.07, 6.45) is 8.84. The maximum Gasteiger partial charge on any atom is 0.302 e. The highest BCUT2D eigenvalue weighted by Crippen LogP contribution is 2.67. The van der Waals surface area contributed by atoms with Crippen molar-refractivity contribution in [2.24, 2.45) is 40.4 Å². The van der Waals surface area contributed by atoms with Gasteiger partial charge in [-0.05, 0) is 67.1 Å². The lowest BCUT2D eigenvalue weighted by Gasteiger charge is -2.59. The van der Waals surface area contributed by atoms with Crippen molar-refractivity contribution in [3.63, 3.8) is 0 Å². The first-order valence-electron chi connectivity index (χ1n) is 12.3. The van der Waals surface area contributed by atoms with Crippen LogP contribution in [-0.4, -0.2) is 35.9 Å². The first-order valence-corrected chi connectivity index (χ1v) is 12.3. The highest BCUT2D eigenvalue weighted by Gasteiger charge is 2.61. The van der Waals surface area contributed by atoms with Crippen LogP contribution in [0.4, 0.5) is 0 Å². The minimum atomic E-state index is -0.464. The molecule has 3 fully saturated rings. The maximum atomic E-state index is 11.5. The summed E-state index contributed by atoms with van der Waals surface area (Å²) in [6, 6.07) is 0. The molecule has 0 aromatic heterocycles. The molecule has 31 heavy (non-hydrogen) atoms. The molecule has 0 saturated heterocycles. The van der Waals surface area contributed by atoms with E-state index in [-0.39, 0.29) is 28.9 Å². The summed E-state index contributed by atoms with van der Waals surface area (Å²) in [5.74, 6) is 2.25. The number of aliphatic hydroxyl groups is 1. The van der Waals surface area contributed by atoms with E-state index in [1.807, 2.05) is 0 Å². The Bertz CT molecular complexity index is 759. The fourth-order valence-electron chi connectivity index (χ4n) is 8.35. The topological polar surface area (TPSA) is 72.8 Å². The van der Waals surface area contributed by atoms with Gasteiger partial charge in [0.2, 0.25) is 0 Å². The molecule has 0 bridgehead atoms. The summed E-state index contributed by atoms with van der Waals surface area (Å²) in [5, 5.41) is 11.3. The second-order valence-corrected chi connectivity index (χ2v) is 11.3. The molecule has 0 spiro atoms. The second kappa shape index (κ2) is 8.20. The van der Waals surface area contributed by atoms with E-state index < -0.39 is 6.10 Å². The number of esters is 2. The Morgan fingerprint density at radius 3 is 2.58 bits per heavy atom. The first kappa shape index (κ1) is 22.8. The zero-order chi connectivity index (χ0) is 22.6. The van der Waals surface area contributed by atoms with E-state index in [4.69, 9.17) is 9.47 Å². The molecule has 3 saturated carbocycles. The number of aliphatic hydroxyl groups excluding tert-OH is 1. The van der Waals surface area contributed by atoms with Crippen LogP contribution >= 0.6 is 0 Å². The van der Waals surface area contributed by atoms with Crippen molar-refractivity contribution in [3.8, 4) is 0 Å². The molecule has 5 nitrogen and oxygen atoms in total. The molecule has 0 aromatic carbocycles. The molecular weight excluding hydrogens is 392 g/mol. The lowest BCUT2D eigenvalue weighted by atomic mass is 9.46. The zero-order valence-corrected chi connectivity index (χ0v) is 19.9. The van der Waals surface area contributed by atoms with Gasteiger partial charge in [-0.15, -0.1) is 0 Å². The lowest BCUT2D eigenvalue weighted by Crippen LogP contribution is -2.56. The Labute approximate surface area is 186 Å². The van der Waals surface area contributed by atoms with Gasteiger partial charge in [-0.1, -0.05) is 32.4 Å². The number of hydrogen-bond acceptors (Lipinski definition) is 5. The van der Waals surface area contributed by atoms with E-state index in [0.29, 0.717) is 42.6 Å². The van der Waals surface area contributed by atoms with Gasteiger partial charge in [0.05, 0.1) is 12.7 Å². The van der Waals surface area contributed by atoms with Crippen molar-refractivity contribution >= 4 is 11.9 Å². The van der Waals surface area contributed by atoms with Crippen LogP contribution in [0.25, 0.3) is 0 Å². The normalized spacial score (nSPS) is 44.9. The van der Waals surface area contributed by atoms with Crippen LogP contribution in [0.15, 0.2) is 11.6 Å². The number of hydrogen-bond donors (Lipinski definition) is 1. The number of allylic oxidation sites excluding steroid dienone is 1. The molecule has 4 rings (SSSR count). The fraction of sp³-hybridized carbons (Fsp3) is 0.846. The van der Waals surface area contributed by atoms with E-state index in [1.54, 1.807) is 0 Å². The highest BCUT2D eigenvalue weighted by molar-refractivity contribution is 5.66. The van der Waals surface area contributed by atoms with Gasteiger partial charge in [-0.25, -0.2) is 0 Å². The SMILES string of the molecule is CC(=O)OC[C@@H](C)[C@H]1CC[C@H]2[C@@H]3CC=C4CC(OC(C)=O)CC(O)[C@]4(C)[C@H]3CC[C@]12C. The molecule has 4 aliphatic carbocycles. The number of rotatable bonds is 4. The van der Waals surface area contributed by atoms with Gasteiger partial charge in [0.25, 0.3) is 0 Å². The summed E-state index contributed by atoms with van der Waals surface area (Å²) >= 11 is 0. The van der Waals surface area contributed by atoms with Crippen LogP contribution in [0.1, 0.15) is 79.6 Å². The summed E-state index contributed by atoms with van der Waals surface area (Å²) in [7, 11) is 0. The molecule has 9 atom stereocenters. The van der Waals surface area contributed by atoms with Crippen molar-refractivity contribution in [2.75, 3.05) is 6.61 Å². The van der Waals surface area contributed by atoms with Crippen LogP contribution in [0.2, 0.25) is 0 Å². The van der Waals surface area contributed by atoms with E-state index in [9.17, 15) is 14.7 Å². The summed E-state index contributed by atoms with van der Waals surface area (Å²) < 4.78 is 10.8. The zero-order valence-electron chi connectivity index (χ0n) is 19.9. The van der Waals surface area contributed by atoms with Gasteiger partial charge < -0.3 is 14.6 Å². The Kier molecular flexibility index (Phi) is 6.04. The quantitative estimate of drug-likeness (QED) is 0.516. The van der Waals surface area contributed by atoms with E-state index >= 15 is 0 Å². The van der Waals surface area contributed by atoms with Gasteiger partial charge in [0.1, 0.15) is 6.10 Å². The molecule has 0 radical (unpaired) electrons. The predicted octanol–water partition coefficient (Wildman–Crippen LogP) is 4.67. The lowest BCUT2D eigenvalue weighted by molar-refractivity contribution is -0.155. The third-order valence-corrected chi connectivity index (χ3v) is 9.80. The standard InChI is InChI=1S/C26H40O5/c1-15(14-30-16(2)27)21-8-9-22-20-7-6-18-12-19(31-17(3)28)13-24(29)26(18,5)23(20)10-11-25(21,22)4/h6,15,19-24,29H,7-14H2,1-5H3/t15-,19?,20+,21-,22+,23+,24?,25-,26+/m1/s1. The third kappa shape index (κ3) is 3.75. The summed E-state index contributed by atoms with van der Waals surface area (Å²) in [4.78, 5) is 22.8. The van der Waals surface area contributed by atoms with Gasteiger partial charge in [-0.2, -0.15) is 0 Å². The largest absolute Gasteiger partial charge is 0.466 e. The third-order valence-electron chi connectivity index (χ3n) is 9.80. The van der Waals surface area contributed by atoms with Crippen molar-refractivity contribution in [2.45, 2.75) is 91.8 Å². The summed E-state index contributed by atoms with van der Waals surface area (Å²) in [6.45, 7) is 10.5. The average Bonchev–Trinajstić information content (AvgIpc) is 3.04.